The number of hydrogen-bond donors (Lipinski definition) is 1. The van der Waals surface area contributed by atoms with E-state index in [9.17, 15) is 0 Å². The van der Waals surface area contributed by atoms with Gasteiger partial charge in [0.15, 0.2) is 0 Å². The zero-order chi connectivity index (χ0) is 15.0. The van der Waals surface area contributed by atoms with Crippen molar-refractivity contribution in [3.8, 4) is 11.1 Å². The maximum Gasteiger partial charge on any atom is 0.0487 e. The molecule has 0 saturated heterocycles. The van der Waals surface area contributed by atoms with Gasteiger partial charge in [-0.15, -0.1) is 0 Å². The highest BCUT2D eigenvalue weighted by Crippen LogP contribution is 2.33. The van der Waals surface area contributed by atoms with Crippen molar-refractivity contribution in [3.63, 3.8) is 0 Å². The molecule has 1 fully saturated rings. The topological polar surface area (TPSA) is 12.0 Å². The van der Waals surface area contributed by atoms with Gasteiger partial charge >= 0.3 is 0 Å². The van der Waals surface area contributed by atoms with Crippen LogP contribution in [-0.4, -0.2) is 6.04 Å². The predicted octanol–water partition coefficient (Wildman–Crippen LogP) is 5.53. The third-order valence-corrected chi connectivity index (χ3v) is 4.78. The lowest BCUT2D eigenvalue weighted by Crippen LogP contribution is -2.15. The molecule has 0 radical (unpaired) electrons. The Bertz CT molecular complexity index is 675. The monoisotopic (exact) mass is 319 g/mol. The third-order valence-electron chi connectivity index (χ3n) is 4.10. The van der Waals surface area contributed by atoms with E-state index in [4.69, 9.17) is 23.2 Å². The second kappa shape index (κ2) is 6.00. The van der Waals surface area contributed by atoms with Crippen LogP contribution in [0.2, 0.25) is 10.0 Å². The van der Waals surface area contributed by atoms with Crippen LogP contribution in [0.3, 0.4) is 0 Å². The number of hydrogen-bond acceptors (Lipinski definition) is 1. The second-order valence-corrected chi connectivity index (χ2v) is 6.69. The van der Waals surface area contributed by atoms with E-state index in [0.29, 0.717) is 6.04 Å². The van der Waals surface area contributed by atoms with E-state index in [1.807, 2.05) is 18.2 Å². The summed E-state index contributed by atoms with van der Waals surface area (Å²) in [6.07, 6.45) is 2.56. The van der Waals surface area contributed by atoms with Gasteiger partial charge in [0.05, 0.1) is 0 Å². The molecule has 1 N–H and O–H groups in total. The van der Waals surface area contributed by atoms with Gasteiger partial charge in [0.2, 0.25) is 0 Å². The van der Waals surface area contributed by atoms with Crippen molar-refractivity contribution >= 4 is 23.2 Å². The lowest BCUT2D eigenvalue weighted by Gasteiger charge is -2.12. The summed E-state index contributed by atoms with van der Waals surface area (Å²) in [4.78, 5) is 0. The van der Waals surface area contributed by atoms with E-state index in [-0.39, 0.29) is 0 Å². The van der Waals surface area contributed by atoms with Crippen molar-refractivity contribution in [2.75, 3.05) is 0 Å². The van der Waals surface area contributed by atoms with Crippen LogP contribution in [-0.2, 0) is 6.54 Å². The van der Waals surface area contributed by atoms with Crippen LogP contribution in [0.1, 0.15) is 29.5 Å². The smallest absolute Gasteiger partial charge is 0.0487 e. The number of aryl methyl sites for hydroxylation is 2. The summed E-state index contributed by atoms with van der Waals surface area (Å²) >= 11 is 12.7. The summed E-state index contributed by atoms with van der Waals surface area (Å²) in [6.45, 7) is 5.01. The Hall–Kier alpha value is -1.02. The summed E-state index contributed by atoms with van der Waals surface area (Å²) in [7, 11) is 0. The Morgan fingerprint density at radius 3 is 2.43 bits per heavy atom. The average molecular weight is 320 g/mol. The van der Waals surface area contributed by atoms with Crippen LogP contribution in [0.15, 0.2) is 30.3 Å². The molecule has 110 valence electrons. The minimum absolute atomic E-state index is 0.676. The molecular weight excluding hydrogens is 301 g/mol. The minimum Gasteiger partial charge on any atom is -0.310 e. The number of rotatable bonds is 4. The Balaban J connectivity index is 1.94. The van der Waals surface area contributed by atoms with Gasteiger partial charge in [0, 0.05) is 28.2 Å². The first-order valence-electron chi connectivity index (χ1n) is 7.33. The van der Waals surface area contributed by atoms with E-state index in [2.05, 4.69) is 31.3 Å². The number of nitrogens with one attached hydrogen (secondary N) is 1. The third kappa shape index (κ3) is 3.42. The zero-order valence-corrected chi connectivity index (χ0v) is 13.9. The first kappa shape index (κ1) is 14.9. The molecule has 1 aliphatic carbocycles. The molecule has 0 heterocycles. The molecule has 1 nitrogen and oxygen atoms in total. The highest BCUT2D eigenvalue weighted by molar-refractivity contribution is 6.33. The fourth-order valence-electron chi connectivity index (χ4n) is 2.42. The van der Waals surface area contributed by atoms with Crippen molar-refractivity contribution < 1.29 is 0 Å². The van der Waals surface area contributed by atoms with E-state index in [1.165, 1.54) is 24.0 Å². The molecule has 3 heteroatoms. The van der Waals surface area contributed by atoms with E-state index < -0.39 is 0 Å². The number of halogens is 2. The lowest BCUT2D eigenvalue weighted by molar-refractivity contribution is 0.688. The van der Waals surface area contributed by atoms with Gasteiger partial charge < -0.3 is 5.32 Å². The minimum atomic E-state index is 0.676. The maximum atomic E-state index is 6.42. The van der Waals surface area contributed by atoms with Crippen molar-refractivity contribution in [2.45, 2.75) is 39.3 Å². The summed E-state index contributed by atoms with van der Waals surface area (Å²) in [5.74, 6) is 0. The summed E-state index contributed by atoms with van der Waals surface area (Å²) in [6, 6.07) is 11.0. The summed E-state index contributed by atoms with van der Waals surface area (Å²) in [5.41, 5.74) is 5.80. The van der Waals surface area contributed by atoms with Gasteiger partial charge in [0.1, 0.15) is 0 Å². The fourth-order valence-corrected chi connectivity index (χ4v) is 2.93. The van der Waals surface area contributed by atoms with E-state index in [1.54, 1.807) is 0 Å². The molecule has 0 aliphatic heterocycles. The molecule has 1 aliphatic rings. The first-order valence-corrected chi connectivity index (χ1v) is 8.09. The highest BCUT2D eigenvalue weighted by Gasteiger charge is 2.20. The molecule has 0 spiro atoms. The maximum absolute atomic E-state index is 6.42. The van der Waals surface area contributed by atoms with Gasteiger partial charge in [0.25, 0.3) is 0 Å². The molecule has 2 aromatic carbocycles. The van der Waals surface area contributed by atoms with Gasteiger partial charge in [-0.05, 0) is 73.2 Å². The standard InChI is InChI=1S/C18H19Cl2N/c1-11-7-16(18(20)8-12(11)2)13-3-6-17(19)14(9-13)10-21-15-4-5-15/h3,6-9,15,21H,4-5,10H2,1-2H3. The van der Waals surface area contributed by atoms with Crippen LogP contribution in [0, 0.1) is 13.8 Å². The Morgan fingerprint density at radius 1 is 1.00 bits per heavy atom. The number of benzene rings is 2. The Morgan fingerprint density at radius 2 is 1.71 bits per heavy atom. The molecule has 3 rings (SSSR count). The SMILES string of the molecule is Cc1cc(Cl)c(-c2ccc(Cl)c(CNC3CC3)c2)cc1C. The van der Waals surface area contributed by atoms with E-state index >= 15 is 0 Å². The van der Waals surface area contributed by atoms with Crippen LogP contribution in [0.5, 0.6) is 0 Å². The van der Waals surface area contributed by atoms with Crippen molar-refractivity contribution in [2.24, 2.45) is 0 Å². The Kier molecular flexibility index (Phi) is 4.26. The van der Waals surface area contributed by atoms with Gasteiger partial charge in [-0.2, -0.15) is 0 Å². The predicted molar refractivity (Wildman–Crippen MR) is 91.2 cm³/mol. The molecule has 2 aromatic rings. The molecule has 0 amide bonds. The molecule has 0 bridgehead atoms. The molecular formula is C18H19Cl2N. The van der Waals surface area contributed by atoms with Gasteiger partial charge in [-0.3, -0.25) is 0 Å². The fraction of sp³-hybridized carbons (Fsp3) is 0.333. The van der Waals surface area contributed by atoms with Gasteiger partial charge in [-0.1, -0.05) is 29.3 Å². The van der Waals surface area contributed by atoms with Crippen LogP contribution in [0.25, 0.3) is 11.1 Å². The molecule has 0 unspecified atom stereocenters. The second-order valence-electron chi connectivity index (χ2n) is 5.88. The molecule has 0 atom stereocenters. The summed E-state index contributed by atoms with van der Waals surface area (Å²) < 4.78 is 0. The van der Waals surface area contributed by atoms with E-state index in [0.717, 1.165) is 33.3 Å². The van der Waals surface area contributed by atoms with Crippen molar-refractivity contribution in [1.82, 2.24) is 5.32 Å². The highest BCUT2D eigenvalue weighted by atomic mass is 35.5. The molecule has 1 saturated carbocycles. The summed E-state index contributed by atoms with van der Waals surface area (Å²) in [5, 5.41) is 5.12. The molecule has 21 heavy (non-hydrogen) atoms. The van der Waals surface area contributed by atoms with Crippen molar-refractivity contribution in [1.29, 1.82) is 0 Å². The quantitative estimate of drug-likeness (QED) is 0.781. The molecule has 0 aromatic heterocycles. The normalized spacial score (nSPS) is 14.5. The van der Waals surface area contributed by atoms with Crippen LogP contribution in [0.4, 0.5) is 0 Å². The first-order chi connectivity index (χ1) is 10.0. The van der Waals surface area contributed by atoms with Crippen LogP contribution >= 0.6 is 23.2 Å². The Labute approximate surface area is 136 Å². The largest absolute Gasteiger partial charge is 0.310 e. The zero-order valence-electron chi connectivity index (χ0n) is 12.3. The lowest BCUT2D eigenvalue weighted by atomic mass is 9.99. The van der Waals surface area contributed by atoms with Gasteiger partial charge in [-0.25, -0.2) is 0 Å². The van der Waals surface area contributed by atoms with Crippen molar-refractivity contribution in [3.05, 3.63) is 57.1 Å². The van der Waals surface area contributed by atoms with Crippen LogP contribution < -0.4 is 5.32 Å². The average Bonchev–Trinajstić information content (AvgIpc) is 3.26.